The molecule has 1 aliphatic heterocycles. The Morgan fingerprint density at radius 2 is 1.79 bits per heavy atom. The fourth-order valence-corrected chi connectivity index (χ4v) is 3.30. The van der Waals surface area contributed by atoms with E-state index in [1.807, 2.05) is 33.9 Å². The van der Waals surface area contributed by atoms with Crippen LogP contribution in [0.1, 0.15) is 40.5 Å². The van der Waals surface area contributed by atoms with Gasteiger partial charge in [-0.1, -0.05) is 0 Å². The van der Waals surface area contributed by atoms with Crippen LogP contribution in [0.4, 0.5) is 10.1 Å². The van der Waals surface area contributed by atoms with Crippen molar-refractivity contribution in [2.24, 2.45) is 4.99 Å². The number of hydrogen-bond donors (Lipinski definition) is 2. The van der Waals surface area contributed by atoms with E-state index in [9.17, 15) is 9.60 Å². The highest BCUT2D eigenvalue weighted by Gasteiger charge is 2.46. The summed E-state index contributed by atoms with van der Waals surface area (Å²) in [6.07, 6.45) is 3.02. The highest BCUT2D eigenvalue weighted by atomic mass is 19.1. The Labute approximate surface area is 142 Å². The van der Waals surface area contributed by atoms with Crippen molar-refractivity contribution in [3.05, 3.63) is 30.1 Å². The summed E-state index contributed by atoms with van der Waals surface area (Å²) in [6.45, 7) is 7.59. The Kier molecular flexibility index (Phi) is 5.11. The lowest BCUT2D eigenvalue weighted by molar-refractivity contribution is -0.288. The van der Waals surface area contributed by atoms with Crippen molar-refractivity contribution in [2.45, 2.75) is 57.7 Å². The van der Waals surface area contributed by atoms with Crippen LogP contribution in [0.3, 0.4) is 0 Å². The first kappa shape index (κ1) is 18.2. The maximum Gasteiger partial charge on any atom is 0.209 e. The Bertz CT molecular complexity index is 630. The summed E-state index contributed by atoms with van der Waals surface area (Å²) in [4.78, 5) is 4.58. The first-order valence-electron chi connectivity index (χ1n) is 7.87. The molecule has 1 aromatic rings. The number of aliphatic imine (C=N–C) groups is 1. The Hall–Kier alpha value is -2.17. The van der Waals surface area contributed by atoms with Crippen LogP contribution in [-0.2, 0) is 5.21 Å². The maximum atomic E-state index is 13.0. The zero-order chi connectivity index (χ0) is 18.0. The fraction of sp³-hybridized carbons (Fsp3) is 0.529. The van der Waals surface area contributed by atoms with E-state index in [1.54, 1.807) is 12.1 Å². The summed E-state index contributed by atoms with van der Waals surface area (Å²) in [5.41, 5.74) is -0.453. The second kappa shape index (κ2) is 6.75. The van der Waals surface area contributed by atoms with Crippen LogP contribution in [-0.4, -0.2) is 28.1 Å². The lowest BCUT2D eigenvalue weighted by Gasteiger charge is -2.48. The Morgan fingerprint density at radius 1 is 1.25 bits per heavy atom. The van der Waals surface area contributed by atoms with Crippen molar-refractivity contribution in [3.63, 3.8) is 0 Å². The lowest BCUT2D eigenvalue weighted by atomic mass is 9.79. The molecule has 6 nitrogen and oxygen atoms in total. The number of guanidine groups is 1. The molecule has 1 saturated heterocycles. The van der Waals surface area contributed by atoms with Crippen LogP contribution in [0.5, 0.6) is 0 Å². The van der Waals surface area contributed by atoms with E-state index >= 15 is 0 Å². The maximum absolute atomic E-state index is 13.0. The normalized spacial score (nSPS) is 21.1. The lowest BCUT2D eigenvalue weighted by Crippen LogP contribution is -2.59. The summed E-state index contributed by atoms with van der Waals surface area (Å²) in [6, 6.07) is 5.68. The summed E-state index contributed by atoms with van der Waals surface area (Å²) in [7, 11) is 0. The van der Waals surface area contributed by atoms with Gasteiger partial charge in [0.2, 0.25) is 5.96 Å². The summed E-state index contributed by atoms with van der Waals surface area (Å²) in [5, 5.41) is 28.0. The molecule has 0 aliphatic carbocycles. The number of rotatable bonds is 2. The molecule has 0 aromatic heterocycles. The fourth-order valence-electron chi connectivity index (χ4n) is 3.30. The zero-order valence-corrected chi connectivity index (χ0v) is 14.4. The van der Waals surface area contributed by atoms with Crippen LogP contribution < -0.4 is 10.6 Å². The average molecular weight is 332 g/mol. The smallest absolute Gasteiger partial charge is 0.209 e. The number of nitrogens with one attached hydrogen (secondary N) is 2. The highest BCUT2D eigenvalue weighted by Crippen LogP contribution is 2.38. The van der Waals surface area contributed by atoms with Gasteiger partial charge < -0.3 is 5.32 Å². The van der Waals surface area contributed by atoms with Gasteiger partial charge in [-0.15, -0.1) is 10.3 Å². The number of nitriles is 1. The van der Waals surface area contributed by atoms with Crippen LogP contribution in [0, 0.1) is 17.3 Å². The number of hydrogen-bond acceptors (Lipinski definition) is 3. The van der Waals surface area contributed by atoms with Gasteiger partial charge in [0.05, 0.1) is 6.04 Å². The molecule has 0 bridgehead atoms. The standard InChI is InChI=1S/C17H23FN5O/c1-16(2)9-14(10-17(3,4)23(16)24)22-15(20-11-19)21-13-7-5-12(18)6-8-13/h5-8,14H,9-10H2,1-4H3,(H2,20,21,22). The molecule has 0 saturated carbocycles. The number of hydroxylamine groups is 2. The molecule has 0 spiro atoms. The quantitative estimate of drug-likeness (QED) is 0.377. The number of piperidine rings is 1. The molecular formula is C17H23FN5O. The third-order valence-electron chi connectivity index (χ3n) is 4.16. The van der Waals surface area contributed by atoms with Crippen molar-refractivity contribution in [2.75, 3.05) is 5.32 Å². The molecule has 24 heavy (non-hydrogen) atoms. The summed E-state index contributed by atoms with van der Waals surface area (Å²) >= 11 is 0. The molecule has 2 rings (SSSR count). The van der Waals surface area contributed by atoms with Crippen molar-refractivity contribution in [1.82, 2.24) is 10.4 Å². The van der Waals surface area contributed by atoms with E-state index in [0.717, 1.165) is 5.06 Å². The third-order valence-corrected chi connectivity index (χ3v) is 4.16. The molecule has 2 N–H and O–H groups in total. The molecule has 7 heteroatoms. The second-order valence-electron chi connectivity index (χ2n) is 7.33. The first-order valence-corrected chi connectivity index (χ1v) is 7.87. The van der Waals surface area contributed by atoms with Gasteiger partial charge in [-0.25, -0.2) is 9.38 Å². The van der Waals surface area contributed by atoms with E-state index < -0.39 is 11.1 Å². The first-order chi connectivity index (χ1) is 11.1. The van der Waals surface area contributed by atoms with Gasteiger partial charge in [0.25, 0.3) is 0 Å². The van der Waals surface area contributed by atoms with Crippen LogP contribution in [0.15, 0.2) is 29.3 Å². The van der Waals surface area contributed by atoms with Gasteiger partial charge in [0.15, 0.2) is 6.19 Å². The number of nitrogens with zero attached hydrogens (tertiary/aromatic N) is 3. The zero-order valence-electron chi connectivity index (χ0n) is 14.4. The highest BCUT2D eigenvalue weighted by molar-refractivity contribution is 5.94. The van der Waals surface area contributed by atoms with E-state index in [2.05, 4.69) is 15.6 Å². The van der Waals surface area contributed by atoms with Gasteiger partial charge >= 0.3 is 0 Å². The monoisotopic (exact) mass is 332 g/mol. The van der Waals surface area contributed by atoms with Gasteiger partial charge in [-0.3, -0.25) is 5.32 Å². The van der Waals surface area contributed by atoms with E-state index in [4.69, 9.17) is 5.26 Å². The molecular weight excluding hydrogens is 309 g/mol. The van der Waals surface area contributed by atoms with Gasteiger partial charge in [0, 0.05) is 16.8 Å². The minimum atomic E-state index is -0.538. The van der Waals surface area contributed by atoms with E-state index in [-0.39, 0.29) is 11.9 Å². The van der Waals surface area contributed by atoms with E-state index in [1.165, 1.54) is 12.1 Å². The second-order valence-corrected chi connectivity index (χ2v) is 7.33. The van der Waals surface area contributed by atoms with Gasteiger partial charge in [0.1, 0.15) is 5.82 Å². The predicted molar refractivity (Wildman–Crippen MR) is 89.9 cm³/mol. The van der Waals surface area contributed by atoms with Crippen molar-refractivity contribution >= 4 is 11.6 Å². The Morgan fingerprint density at radius 3 is 2.29 bits per heavy atom. The summed E-state index contributed by atoms with van der Waals surface area (Å²) in [5.74, 6) is -0.0429. The van der Waals surface area contributed by atoms with Crippen molar-refractivity contribution in [1.29, 1.82) is 5.26 Å². The molecule has 0 unspecified atom stereocenters. The average Bonchev–Trinajstić information content (AvgIpc) is 2.47. The summed E-state index contributed by atoms with van der Waals surface area (Å²) < 4.78 is 13.0. The Balaban J connectivity index is 2.20. The van der Waals surface area contributed by atoms with E-state index in [0.29, 0.717) is 24.5 Å². The van der Waals surface area contributed by atoms with Crippen LogP contribution >= 0.6 is 0 Å². The minimum absolute atomic E-state index is 0.107. The number of anilines is 1. The van der Waals surface area contributed by atoms with Gasteiger partial charge in [-0.2, -0.15) is 5.26 Å². The molecule has 0 atom stereocenters. The predicted octanol–water partition coefficient (Wildman–Crippen LogP) is 3.03. The third kappa shape index (κ3) is 4.22. The van der Waals surface area contributed by atoms with Crippen LogP contribution in [0.25, 0.3) is 0 Å². The molecule has 1 radical (unpaired) electrons. The molecule has 129 valence electrons. The van der Waals surface area contributed by atoms with Crippen molar-refractivity contribution in [3.8, 4) is 6.19 Å². The largest absolute Gasteiger partial charge is 0.326 e. The van der Waals surface area contributed by atoms with Gasteiger partial charge in [-0.05, 0) is 64.8 Å². The topological polar surface area (TPSA) is 83.3 Å². The van der Waals surface area contributed by atoms with Crippen molar-refractivity contribution < 1.29 is 9.60 Å². The minimum Gasteiger partial charge on any atom is -0.326 e. The number of benzene rings is 1. The molecule has 1 aromatic carbocycles. The molecule has 0 amide bonds. The molecule has 1 aliphatic rings. The number of halogens is 1. The SMILES string of the molecule is CC1(C)CC(N=C(NC#N)Nc2ccc(F)cc2)CC(C)(C)N1[O]. The molecule has 1 fully saturated rings. The molecule has 1 heterocycles. The van der Waals surface area contributed by atoms with Crippen LogP contribution in [0.2, 0.25) is 0 Å².